The number of hydrogen-bond acceptors (Lipinski definition) is 3. The Morgan fingerprint density at radius 2 is 1.24 bits per heavy atom. The molecule has 0 spiro atoms. The zero-order chi connectivity index (χ0) is 12.6. The number of unbranched alkanes of at least 4 members (excludes halogenated alkanes) is 9. The molecule has 2 N–H and O–H groups in total. The average molecular weight is 245 g/mol. The van der Waals surface area contributed by atoms with Gasteiger partial charge in [0.1, 0.15) is 0 Å². The first-order valence-electron chi connectivity index (χ1n) is 7.31. The first-order chi connectivity index (χ1) is 8.41. The maximum atomic E-state index is 4.94. The van der Waals surface area contributed by atoms with Crippen molar-refractivity contribution in [3.05, 3.63) is 0 Å². The van der Waals surface area contributed by atoms with Crippen molar-refractivity contribution in [2.24, 2.45) is 5.90 Å². The van der Waals surface area contributed by atoms with Crippen molar-refractivity contribution in [1.82, 2.24) is 0 Å². The van der Waals surface area contributed by atoms with Crippen LogP contribution < -0.4 is 5.90 Å². The molecule has 0 aromatic carbocycles. The summed E-state index contributed by atoms with van der Waals surface area (Å²) in [5.41, 5.74) is 0. The van der Waals surface area contributed by atoms with Gasteiger partial charge >= 0.3 is 0 Å². The van der Waals surface area contributed by atoms with Crippen LogP contribution in [0.5, 0.6) is 0 Å². The predicted octanol–water partition coefficient (Wildman–Crippen LogP) is 3.81. The van der Waals surface area contributed by atoms with E-state index >= 15 is 0 Å². The third-order valence-electron chi connectivity index (χ3n) is 2.82. The molecule has 0 aromatic rings. The lowest BCUT2D eigenvalue weighted by Crippen LogP contribution is -2.00. The summed E-state index contributed by atoms with van der Waals surface area (Å²) in [6.07, 6.45) is 13.6. The van der Waals surface area contributed by atoms with E-state index < -0.39 is 0 Å². The van der Waals surface area contributed by atoms with E-state index in [1.165, 1.54) is 57.8 Å². The number of rotatable bonds is 11. The van der Waals surface area contributed by atoms with Crippen molar-refractivity contribution in [2.75, 3.05) is 19.8 Å². The summed E-state index contributed by atoms with van der Waals surface area (Å²) in [4.78, 5) is 4.51. The summed E-state index contributed by atoms with van der Waals surface area (Å²) >= 11 is 0. The molecule has 1 heterocycles. The Balaban J connectivity index is 0.000000728. The Morgan fingerprint density at radius 3 is 1.59 bits per heavy atom. The van der Waals surface area contributed by atoms with Gasteiger partial charge in [-0.2, -0.15) is 0 Å². The molecule has 0 radical (unpaired) electrons. The summed E-state index contributed by atoms with van der Waals surface area (Å²) in [5.74, 6) is 4.94. The van der Waals surface area contributed by atoms with Gasteiger partial charge in [0.15, 0.2) is 0 Å². The molecule has 0 amide bonds. The second-order valence-corrected chi connectivity index (χ2v) is 4.67. The Hall–Kier alpha value is -0.120. The van der Waals surface area contributed by atoms with Gasteiger partial charge in [-0.05, 0) is 6.42 Å². The molecule has 0 saturated carbocycles. The van der Waals surface area contributed by atoms with Gasteiger partial charge < -0.3 is 9.57 Å². The fraction of sp³-hybridized carbons (Fsp3) is 1.00. The summed E-state index contributed by atoms with van der Waals surface area (Å²) in [5, 5.41) is 0. The zero-order valence-corrected chi connectivity index (χ0v) is 11.6. The summed E-state index contributed by atoms with van der Waals surface area (Å²) < 4.78 is 4.50. The van der Waals surface area contributed by atoms with Crippen molar-refractivity contribution >= 4 is 0 Å². The normalized spacial score (nSPS) is 13.1. The van der Waals surface area contributed by atoms with Crippen molar-refractivity contribution in [2.45, 2.75) is 71.1 Å². The minimum Gasteiger partial charge on any atom is -0.377 e. The highest BCUT2D eigenvalue weighted by atomic mass is 16.6. The van der Waals surface area contributed by atoms with Crippen molar-refractivity contribution in [3.8, 4) is 0 Å². The molecule has 0 atom stereocenters. The number of ether oxygens (including phenoxy) is 1. The number of epoxide rings is 1. The maximum absolute atomic E-state index is 4.94. The zero-order valence-electron chi connectivity index (χ0n) is 11.6. The van der Waals surface area contributed by atoms with E-state index in [0.717, 1.165) is 26.2 Å². The third kappa shape index (κ3) is 21.7. The van der Waals surface area contributed by atoms with Crippen LogP contribution in [0.2, 0.25) is 0 Å². The standard InChI is InChI=1S/C12H27NO.C2H4O/c1-2-3-4-5-6-7-8-9-10-11-12-14-13;1-2-3-1/h2-13H2,1H3;1-2H2. The van der Waals surface area contributed by atoms with Crippen LogP contribution in [0, 0.1) is 0 Å². The van der Waals surface area contributed by atoms with E-state index in [2.05, 4.69) is 16.5 Å². The van der Waals surface area contributed by atoms with E-state index in [4.69, 9.17) is 5.90 Å². The molecule has 1 fully saturated rings. The highest BCUT2D eigenvalue weighted by molar-refractivity contribution is 4.46. The molecule has 0 bridgehead atoms. The molecule has 104 valence electrons. The van der Waals surface area contributed by atoms with Gasteiger partial charge in [-0.25, -0.2) is 5.90 Å². The third-order valence-corrected chi connectivity index (χ3v) is 2.82. The lowest BCUT2D eigenvalue weighted by molar-refractivity contribution is 0.133. The van der Waals surface area contributed by atoms with Crippen LogP contribution in [-0.4, -0.2) is 19.8 Å². The first kappa shape index (κ1) is 16.9. The summed E-state index contributed by atoms with van der Waals surface area (Å²) in [6, 6.07) is 0. The topological polar surface area (TPSA) is 47.8 Å². The van der Waals surface area contributed by atoms with Crippen LogP contribution in [0.4, 0.5) is 0 Å². The fourth-order valence-corrected chi connectivity index (χ4v) is 1.67. The van der Waals surface area contributed by atoms with Gasteiger partial charge in [-0.1, -0.05) is 64.7 Å². The van der Waals surface area contributed by atoms with Gasteiger partial charge in [0.2, 0.25) is 0 Å². The SMILES string of the molecule is C1CO1.CCCCCCCCCCCCON. The van der Waals surface area contributed by atoms with E-state index in [1.807, 2.05) is 0 Å². The molecule has 3 heteroatoms. The van der Waals surface area contributed by atoms with Crippen LogP contribution in [0.1, 0.15) is 71.1 Å². The molecule has 1 rings (SSSR count). The monoisotopic (exact) mass is 245 g/mol. The molecule has 1 saturated heterocycles. The van der Waals surface area contributed by atoms with Crippen LogP contribution in [-0.2, 0) is 9.57 Å². The highest BCUT2D eigenvalue weighted by Crippen LogP contribution is 2.10. The van der Waals surface area contributed by atoms with Gasteiger partial charge in [0.25, 0.3) is 0 Å². The predicted molar refractivity (Wildman–Crippen MR) is 72.8 cm³/mol. The lowest BCUT2D eigenvalue weighted by atomic mass is 10.1. The first-order valence-corrected chi connectivity index (χ1v) is 7.31. The van der Waals surface area contributed by atoms with Gasteiger partial charge in [-0.3, -0.25) is 0 Å². The van der Waals surface area contributed by atoms with Crippen molar-refractivity contribution in [3.63, 3.8) is 0 Å². The van der Waals surface area contributed by atoms with Crippen LogP contribution in [0.3, 0.4) is 0 Å². The maximum Gasteiger partial charge on any atom is 0.0701 e. The van der Waals surface area contributed by atoms with Crippen molar-refractivity contribution < 1.29 is 9.57 Å². The molecular weight excluding hydrogens is 214 g/mol. The van der Waals surface area contributed by atoms with Crippen LogP contribution >= 0.6 is 0 Å². The van der Waals surface area contributed by atoms with Gasteiger partial charge in [-0.15, -0.1) is 0 Å². The van der Waals surface area contributed by atoms with E-state index in [1.54, 1.807) is 0 Å². The van der Waals surface area contributed by atoms with Gasteiger partial charge in [0.05, 0.1) is 19.8 Å². The quantitative estimate of drug-likeness (QED) is 0.342. The Kier molecular flexibility index (Phi) is 15.8. The Labute approximate surface area is 107 Å². The molecular formula is C14H31NO2. The number of nitrogens with two attached hydrogens (primary N) is 1. The minimum absolute atomic E-state index is 0.719. The lowest BCUT2D eigenvalue weighted by Gasteiger charge is -2.01. The molecule has 0 aliphatic carbocycles. The van der Waals surface area contributed by atoms with E-state index in [-0.39, 0.29) is 0 Å². The molecule has 17 heavy (non-hydrogen) atoms. The van der Waals surface area contributed by atoms with E-state index in [9.17, 15) is 0 Å². The van der Waals surface area contributed by atoms with Crippen LogP contribution in [0.15, 0.2) is 0 Å². The minimum atomic E-state index is 0.719. The Morgan fingerprint density at radius 1 is 0.824 bits per heavy atom. The molecule has 1 aliphatic rings. The number of hydrogen-bond donors (Lipinski definition) is 1. The smallest absolute Gasteiger partial charge is 0.0701 e. The molecule has 0 unspecified atom stereocenters. The van der Waals surface area contributed by atoms with E-state index in [0.29, 0.717) is 0 Å². The summed E-state index contributed by atoms with van der Waals surface area (Å²) in [7, 11) is 0. The molecule has 1 aliphatic heterocycles. The second kappa shape index (κ2) is 15.9. The molecule has 0 aromatic heterocycles. The largest absolute Gasteiger partial charge is 0.377 e. The highest BCUT2D eigenvalue weighted by Gasteiger charge is 1.94. The Bertz CT molecular complexity index is 115. The van der Waals surface area contributed by atoms with Crippen LogP contribution in [0.25, 0.3) is 0 Å². The van der Waals surface area contributed by atoms with Crippen molar-refractivity contribution in [1.29, 1.82) is 0 Å². The molecule has 3 nitrogen and oxygen atoms in total. The van der Waals surface area contributed by atoms with Gasteiger partial charge in [0, 0.05) is 0 Å². The second-order valence-electron chi connectivity index (χ2n) is 4.67. The fourth-order valence-electron chi connectivity index (χ4n) is 1.67. The average Bonchev–Trinajstić information content (AvgIpc) is 3.19. The summed E-state index contributed by atoms with van der Waals surface area (Å²) in [6.45, 7) is 4.98.